The number of hydrogen-bond donors (Lipinski definition) is 0. The van der Waals surface area contributed by atoms with E-state index in [1.165, 1.54) is 33.0 Å². The third-order valence-electron chi connectivity index (χ3n) is 11.8. The van der Waals surface area contributed by atoms with Gasteiger partial charge in [-0.15, -0.1) is 0 Å². The minimum absolute atomic E-state index is 0.639. The van der Waals surface area contributed by atoms with Crippen LogP contribution in [-0.4, -0.2) is 19.5 Å². The molecule has 5 nitrogen and oxygen atoms in total. The summed E-state index contributed by atoms with van der Waals surface area (Å²) in [5.41, 5.74) is 15.3. The molecule has 0 aliphatic carbocycles. The lowest BCUT2D eigenvalue weighted by atomic mass is 9.96. The van der Waals surface area contributed by atoms with Crippen LogP contribution in [-0.2, 0) is 6.42 Å². The van der Waals surface area contributed by atoms with E-state index < -0.39 is 0 Å². The molecule has 0 saturated heterocycles. The molecule has 1 aliphatic rings. The minimum Gasteiger partial charge on any atom is -0.311 e. The van der Waals surface area contributed by atoms with Crippen LogP contribution in [0.3, 0.4) is 0 Å². The minimum atomic E-state index is 0.639. The summed E-state index contributed by atoms with van der Waals surface area (Å²) in [6.07, 6.45) is 7.25. The Hall–Kier alpha value is -8.41. The van der Waals surface area contributed by atoms with E-state index in [1.807, 2.05) is 60.7 Å². The summed E-state index contributed by atoms with van der Waals surface area (Å²) < 4.78 is 2.40. The lowest BCUT2D eigenvalue weighted by Gasteiger charge is -2.27. The summed E-state index contributed by atoms with van der Waals surface area (Å²) in [5.74, 6) is 1.94. The van der Waals surface area contributed by atoms with Gasteiger partial charge >= 0.3 is 0 Å². The molecule has 10 aromatic rings. The largest absolute Gasteiger partial charge is 0.311 e. The molecule has 11 rings (SSSR count). The van der Waals surface area contributed by atoms with Crippen molar-refractivity contribution >= 4 is 38.8 Å². The first-order valence-corrected chi connectivity index (χ1v) is 21.3. The second-order valence-corrected chi connectivity index (χ2v) is 15.8. The molecule has 0 unspecified atom stereocenters. The Labute approximate surface area is 367 Å². The first kappa shape index (κ1) is 37.6. The van der Waals surface area contributed by atoms with Crippen LogP contribution in [0.2, 0.25) is 0 Å². The Morgan fingerprint density at radius 3 is 1.67 bits per heavy atom. The first-order valence-electron chi connectivity index (χ1n) is 21.3. The maximum absolute atomic E-state index is 4.95. The van der Waals surface area contributed by atoms with Gasteiger partial charge in [-0.3, -0.25) is 0 Å². The molecule has 0 spiro atoms. The van der Waals surface area contributed by atoms with E-state index in [0.29, 0.717) is 17.5 Å². The molecule has 0 N–H and O–H groups in total. The van der Waals surface area contributed by atoms with Gasteiger partial charge in [0.25, 0.3) is 0 Å². The molecule has 0 radical (unpaired) electrons. The summed E-state index contributed by atoms with van der Waals surface area (Å²) >= 11 is 0. The van der Waals surface area contributed by atoms with E-state index in [4.69, 9.17) is 15.0 Å². The molecule has 8 aromatic carbocycles. The van der Waals surface area contributed by atoms with E-state index in [1.54, 1.807) is 0 Å². The Bertz CT molecular complexity index is 3310. The summed E-state index contributed by atoms with van der Waals surface area (Å²) in [6, 6.07) is 72.3. The highest BCUT2D eigenvalue weighted by molar-refractivity contribution is 6.10. The SMILES string of the molecule is C=C1/C=C\C=C(\c2cccc(-n3c4ccccc4c4cc(-c5ccc(-c6nc(-c7ccccc7)nc(-c7ccccc7)n6)cc5)ccc43)c2)Cc2ccccc2N1c1ccccc1. The van der Waals surface area contributed by atoms with Crippen molar-refractivity contribution in [2.45, 2.75) is 6.42 Å². The fraction of sp³-hybridized carbons (Fsp3) is 0.0172. The van der Waals surface area contributed by atoms with E-state index >= 15 is 0 Å². The van der Waals surface area contributed by atoms with E-state index in [-0.39, 0.29) is 0 Å². The van der Waals surface area contributed by atoms with Gasteiger partial charge in [-0.1, -0.05) is 176 Å². The summed E-state index contributed by atoms with van der Waals surface area (Å²) in [5, 5.41) is 2.41. The molecule has 0 atom stereocenters. The number of para-hydroxylation sites is 3. The molecule has 0 amide bonds. The second kappa shape index (κ2) is 16.2. The lowest BCUT2D eigenvalue weighted by molar-refractivity contribution is 1.07. The molecular weight excluding hydrogens is 767 g/mol. The van der Waals surface area contributed by atoms with E-state index in [2.05, 4.69) is 180 Å². The Kier molecular flexibility index (Phi) is 9.68. The maximum Gasteiger partial charge on any atom is 0.164 e. The van der Waals surface area contributed by atoms with Crippen LogP contribution >= 0.6 is 0 Å². The Balaban J connectivity index is 0.944. The smallest absolute Gasteiger partial charge is 0.164 e. The van der Waals surface area contributed by atoms with Crippen molar-refractivity contribution in [2.75, 3.05) is 4.90 Å². The number of hydrogen-bond acceptors (Lipinski definition) is 4. The monoisotopic (exact) mass is 807 g/mol. The molecular formula is C58H41N5. The lowest BCUT2D eigenvalue weighted by Crippen LogP contribution is -2.15. The molecule has 3 heterocycles. The van der Waals surface area contributed by atoms with Crippen LogP contribution in [0, 0.1) is 0 Å². The molecule has 1 aliphatic heterocycles. The van der Waals surface area contributed by atoms with E-state index in [9.17, 15) is 0 Å². The number of fused-ring (bicyclic) bond motifs is 4. The van der Waals surface area contributed by atoms with Crippen molar-refractivity contribution in [3.8, 4) is 51.0 Å². The van der Waals surface area contributed by atoms with Crippen LogP contribution in [0.1, 0.15) is 11.1 Å². The molecule has 5 heteroatoms. The Morgan fingerprint density at radius 2 is 0.952 bits per heavy atom. The quantitative estimate of drug-likeness (QED) is 0.161. The third kappa shape index (κ3) is 7.22. The fourth-order valence-corrected chi connectivity index (χ4v) is 8.75. The summed E-state index contributed by atoms with van der Waals surface area (Å²) in [7, 11) is 0. The van der Waals surface area contributed by atoms with Crippen LogP contribution in [0.4, 0.5) is 11.4 Å². The predicted molar refractivity (Wildman–Crippen MR) is 261 cm³/mol. The zero-order valence-electron chi connectivity index (χ0n) is 34.5. The zero-order valence-corrected chi connectivity index (χ0v) is 34.5. The first-order chi connectivity index (χ1) is 31.1. The van der Waals surface area contributed by atoms with Crippen molar-refractivity contribution in [1.29, 1.82) is 0 Å². The number of rotatable bonds is 7. The molecule has 2 aromatic heterocycles. The summed E-state index contributed by atoms with van der Waals surface area (Å²) in [6.45, 7) is 4.48. The number of benzene rings is 8. The highest BCUT2D eigenvalue weighted by Gasteiger charge is 2.19. The van der Waals surface area contributed by atoms with Gasteiger partial charge in [0.15, 0.2) is 17.5 Å². The molecule has 0 fully saturated rings. The van der Waals surface area contributed by atoms with Gasteiger partial charge < -0.3 is 9.47 Å². The van der Waals surface area contributed by atoms with Crippen LogP contribution in [0.15, 0.2) is 237 Å². The second-order valence-electron chi connectivity index (χ2n) is 15.8. The molecule has 0 bridgehead atoms. The van der Waals surface area contributed by atoms with Gasteiger partial charge in [0, 0.05) is 56.6 Å². The number of anilines is 2. The van der Waals surface area contributed by atoms with Gasteiger partial charge in [-0.05, 0) is 82.4 Å². The van der Waals surface area contributed by atoms with Crippen LogP contribution < -0.4 is 4.90 Å². The van der Waals surface area contributed by atoms with E-state index in [0.717, 1.165) is 62.5 Å². The molecule has 0 saturated carbocycles. The number of aromatic nitrogens is 4. The van der Waals surface area contributed by atoms with Crippen molar-refractivity contribution in [3.63, 3.8) is 0 Å². The van der Waals surface area contributed by atoms with Crippen LogP contribution in [0.5, 0.6) is 0 Å². The van der Waals surface area contributed by atoms with Gasteiger partial charge in [-0.2, -0.15) is 0 Å². The highest BCUT2D eigenvalue weighted by Crippen LogP contribution is 2.39. The van der Waals surface area contributed by atoms with Gasteiger partial charge in [-0.25, -0.2) is 15.0 Å². The highest BCUT2D eigenvalue weighted by atomic mass is 15.1. The normalized spacial score (nSPS) is 14.1. The predicted octanol–water partition coefficient (Wildman–Crippen LogP) is 14.5. The van der Waals surface area contributed by atoms with Crippen molar-refractivity contribution < 1.29 is 0 Å². The maximum atomic E-state index is 4.95. The average Bonchev–Trinajstić information content (AvgIpc) is 3.71. The fourth-order valence-electron chi connectivity index (χ4n) is 8.75. The number of allylic oxidation sites excluding steroid dienone is 4. The average molecular weight is 808 g/mol. The topological polar surface area (TPSA) is 46.8 Å². The standard InChI is InChI=1S/C58H41N5/c1-40-17-15-23-45(37-48-22-11-13-29-53(48)62(40)49-25-9-4-10-26-49)46-24-16-27-50(38-46)63-54-30-14-12-28-51(54)52-39-47(35-36-55(52)63)41-31-33-44(34-32-41)58-60-56(42-18-5-2-6-19-42)59-57(61-58)43-20-7-3-8-21-43/h2-36,38-39H,1,37H2/b17-15-,45-23+. The molecule has 63 heavy (non-hydrogen) atoms. The van der Waals surface area contributed by atoms with Crippen molar-refractivity contribution in [1.82, 2.24) is 19.5 Å². The van der Waals surface area contributed by atoms with Crippen molar-refractivity contribution in [2.24, 2.45) is 0 Å². The van der Waals surface area contributed by atoms with Gasteiger partial charge in [0.2, 0.25) is 0 Å². The summed E-state index contributed by atoms with van der Waals surface area (Å²) in [4.78, 5) is 17.0. The Morgan fingerprint density at radius 1 is 0.413 bits per heavy atom. The van der Waals surface area contributed by atoms with Crippen LogP contribution in [0.25, 0.3) is 78.4 Å². The van der Waals surface area contributed by atoms with Gasteiger partial charge in [0.05, 0.1) is 11.0 Å². The molecule has 298 valence electrons. The van der Waals surface area contributed by atoms with Gasteiger partial charge in [0.1, 0.15) is 0 Å². The number of nitrogens with zero attached hydrogens (tertiary/aromatic N) is 5. The zero-order chi connectivity index (χ0) is 42.1. The van der Waals surface area contributed by atoms with Crippen molar-refractivity contribution in [3.05, 3.63) is 248 Å². The third-order valence-corrected chi connectivity index (χ3v) is 11.8.